The van der Waals surface area contributed by atoms with Crippen LogP contribution in [0.15, 0.2) is 48.8 Å². The van der Waals surface area contributed by atoms with Crippen LogP contribution in [0.3, 0.4) is 0 Å². The molecule has 0 fully saturated rings. The van der Waals surface area contributed by atoms with Gasteiger partial charge in [-0.05, 0) is 35.4 Å². The molecule has 0 atom stereocenters. The van der Waals surface area contributed by atoms with Gasteiger partial charge < -0.3 is 19.9 Å². The first-order valence-electron chi connectivity index (χ1n) is 9.48. The van der Waals surface area contributed by atoms with Crippen molar-refractivity contribution in [2.75, 3.05) is 11.9 Å². The molecular weight excluding hydrogens is 508 g/mol. The molecule has 0 aliphatic rings. The van der Waals surface area contributed by atoms with Crippen LogP contribution >= 0.6 is 11.6 Å². The lowest BCUT2D eigenvalue weighted by atomic mass is 10.0. The molecule has 0 saturated carbocycles. The molecule has 0 aliphatic carbocycles. The molecule has 186 valence electrons. The molecule has 1 heterocycles. The summed E-state index contributed by atoms with van der Waals surface area (Å²) >= 11 is 5.88. The Hall–Kier alpha value is -3.74. The summed E-state index contributed by atoms with van der Waals surface area (Å²) in [4.78, 5) is 19.5. The molecule has 3 aromatic rings. The summed E-state index contributed by atoms with van der Waals surface area (Å²) in [6.07, 6.45) is -6.97. The standard InChI is InChI=1S/C21H14ClF6N3O4/c22-17-15(18(32)33)5-12(6-16(17)34-10-20(23,24)25)13-8-30-19(31-9-13)29-7-11-2-1-3-14(4-11)35-21(26,27)28/h1-6,8-9H,7,10H2,(H,32,33)(H,29,30,31). The number of halogens is 7. The highest BCUT2D eigenvalue weighted by Gasteiger charge is 2.31. The number of nitrogens with zero attached hydrogens (tertiary/aromatic N) is 2. The lowest BCUT2D eigenvalue weighted by molar-refractivity contribution is -0.274. The molecular formula is C21H14ClF6N3O4. The summed E-state index contributed by atoms with van der Waals surface area (Å²) in [7, 11) is 0. The molecule has 0 radical (unpaired) electrons. The van der Waals surface area contributed by atoms with E-state index >= 15 is 0 Å². The monoisotopic (exact) mass is 521 g/mol. The number of aromatic nitrogens is 2. The Morgan fingerprint density at radius 3 is 2.31 bits per heavy atom. The fourth-order valence-corrected chi connectivity index (χ4v) is 3.03. The molecule has 0 amide bonds. The van der Waals surface area contributed by atoms with Gasteiger partial charge in [-0.15, -0.1) is 13.2 Å². The van der Waals surface area contributed by atoms with Gasteiger partial charge in [-0.25, -0.2) is 14.8 Å². The number of aromatic carboxylic acids is 1. The second-order valence-electron chi connectivity index (χ2n) is 6.89. The van der Waals surface area contributed by atoms with Crippen molar-refractivity contribution in [3.8, 4) is 22.6 Å². The second kappa shape index (κ2) is 10.3. The number of alkyl halides is 6. The molecule has 0 saturated heterocycles. The Morgan fingerprint density at radius 1 is 1.03 bits per heavy atom. The van der Waals surface area contributed by atoms with Crippen molar-refractivity contribution in [2.24, 2.45) is 0 Å². The average Bonchev–Trinajstić information content (AvgIpc) is 2.76. The molecule has 3 rings (SSSR count). The fourth-order valence-electron chi connectivity index (χ4n) is 2.79. The number of nitrogens with one attached hydrogen (secondary N) is 1. The third kappa shape index (κ3) is 7.64. The van der Waals surface area contributed by atoms with E-state index in [-0.39, 0.29) is 23.6 Å². The van der Waals surface area contributed by atoms with Gasteiger partial charge in [0.25, 0.3) is 0 Å². The maximum absolute atomic E-state index is 12.5. The Balaban J connectivity index is 1.76. The molecule has 1 aromatic heterocycles. The minimum absolute atomic E-state index is 0.0495. The predicted octanol–water partition coefficient (Wildman–Crippen LogP) is 5.95. The first-order chi connectivity index (χ1) is 16.3. The van der Waals surface area contributed by atoms with Gasteiger partial charge in [0.1, 0.15) is 11.5 Å². The van der Waals surface area contributed by atoms with Crippen LogP contribution in [0.1, 0.15) is 15.9 Å². The van der Waals surface area contributed by atoms with E-state index in [1.54, 1.807) is 6.07 Å². The number of rotatable bonds is 8. The largest absolute Gasteiger partial charge is 0.573 e. The molecule has 35 heavy (non-hydrogen) atoms. The van der Waals surface area contributed by atoms with Crippen LogP contribution in [-0.4, -0.2) is 40.2 Å². The van der Waals surface area contributed by atoms with E-state index in [4.69, 9.17) is 11.6 Å². The number of hydrogen-bond acceptors (Lipinski definition) is 6. The van der Waals surface area contributed by atoms with Crippen LogP contribution in [0.5, 0.6) is 11.5 Å². The lowest BCUT2D eigenvalue weighted by Gasteiger charge is -2.14. The van der Waals surface area contributed by atoms with Gasteiger partial charge >= 0.3 is 18.5 Å². The number of ether oxygens (including phenoxy) is 2. The summed E-state index contributed by atoms with van der Waals surface area (Å²) in [5, 5.41) is 11.6. The summed E-state index contributed by atoms with van der Waals surface area (Å²) < 4.78 is 83.1. The normalized spacial score (nSPS) is 11.7. The van der Waals surface area contributed by atoms with E-state index in [1.807, 2.05) is 0 Å². The van der Waals surface area contributed by atoms with Gasteiger partial charge in [0.2, 0.25) is 5.95 Å². The molecule has 14 heteroatoms. The Kier molecular flexibility index (Phi) is 7.58. The zero-order valence-electron chi connectivity index (χ0n) is 17.2. The summed E-state index contributed by atoms with van der Waals surface area (Å²) in [6.45, 7) is -1.63. The van der Waals surface area contributed by atoms with Gasteiger partial charge in [0.15, 0.2) is 6.61 Å². The number of carbonyl (C=O) groups is 1. The summed E-state index contributed by atoms with van der Waals surface area (Å²) in [6, 6.07) is 7.50. The molecule has 0 bridgehead atoms. The summed E-state index contributed by atoms with van der Waals surface area (Å²) in [5.41, 5.74) is 0.332. The van der Waals surface area contributed by atoms with Crippen LogP contribution in [0.2, 0.25) is 5.02 Å². The SMILES string of the molecule is O=C(O)c1cc(-c2cnc(NCc3cccc(OC(F)(F)F)c3)nc2)cc(OCC(F)(F)F)c1Cl. The number of benzene rings is 2. The average molecular weight is 522 g/mol. The second-order valence-corrected chi connectivity index (χ2v) is 7.27. The molecule has 0 unspecified atom stereocenters. The van der Waals surface area contributed by atoms with Crippen LogP contribution in [0, 0.1) is 0 Å². The number of carboxylic acid groups (broad SMARTS) is 1. The van der Waals surface area contributed by atoms with E-state index in [9.17, 15) is 36.2 Å². The predicted molar refractivity (Wildman–Crippen MR) is 111 cm³/mol. The zero-order chi connectivity index (χ0) is 25.8. The Labute approximate surface area is 198 Å². The van der Waals surface area contributed by atoms with Crippen LogP contribution in [0.4, 0.5) is 32.3 Å². The highest BCUT2D eigenvalue weighted by molar-refractivity contribution is 6.35. The van der Waals surface area contributed by atoms with E-state index in [1.165, 1.54) is 24.5 Å². The minimum Gasteiger partial charge on any atom is -0.483 e. The third-order valence-corrected chi connectivity index (χ3v) is 4.62. The van der Waals surface area contributed by atoms with Crippen molar-refractivity contribution < 1.29 is 45.7 Å². The molecule has 0 spiro atoms. The van der Waals surface area contributed by atoms with Gasteiger partial charge in [0.05, 0.1) is 10.6 Å². The van der Waals surface area contributed by atoms with Crippen LogP contribution in [-0.2, 0) is 6.54 Å². The van der Waals surface area contributed by atoms with Crippen molar-refractivity contribution in [3.63, 3.8) is 0 Å². The quantitative estimate of drug-likeness (QED) is 0.354. The van der Waals surface area contributed by atoms with Gasteiger partial charge in [-0.3, -0.25) is 0 Å². The van der Waals surface area contributed by atoms with E-state index < -0.39 is 47.2 Å². The van der Waals surface area contributed by atoms with Crippen molar-refractivity contribution >= 4 is 23.5 Å². The number of carboxylic acids is 1. The third-order valence-electron chi connectivity index (χ3n) is 4.23. The molecule has 0 aliphatic heterocycles. The van der Waals surface area contributed by atoms with Crippen molar-refractivity contribution in [3.05, 3.63) is 64.9 Å². The van der Waals surface area contributed by atoms with Crippen molar-refractivity contribution in [1.82, 2.24) is 9.97 Å². The van der Waals surface area contributed by atoms with E-state index in [2.05, 4.69) is 24.8 Å². The summed E-state index contributed by atoms with van der Waals surface area (Å²) in [5.74, 6) is -2.28. The molecule has 2 N–H and O–H groups in total. The fraction of sp³-hybridized carbons (Fsp3) is 0.190. The van der Waals surface area contributed by atoms with Crippen LogP contribution in [0.25, 0.3) is 11.1 Å². The number of hydrogen-bond donors (Lipinski definition) is 2. The molecule has 7 nitrogen and oxygen atoms in total. The highest BCUT2D eigenvalue weighted by atomic mass is 35.5. The van der Waals surface area contributed by atoms with Crippen LogP contribution < -0.4 is 14.8 Å². The van der Waals surface area contributed by atoms with Crippen molar-refractivity contribution in [1.29, 1.82) is 0 Å². The Bertz CT molecular complexity index is 1200. The first-order valence-corrected chi connectivity index (χ1v) is 9.86. The smallest absolute Gasteiger partial charge is 0.483 e. The zero-order valence-corrected chi connectivity index (χ0v) is 18.0. The minimum atomic E-state index is -4.83. The van der Waals surface area contributed by atoms with Gasteiger partial charge in [-0.1, -0.05) is 23.7 Å². The van der Waals surface area contributed by atoms with E-state index in [0.717, 1.165) is 18.2 Å². The maximum Gasteiger partial charge on any atom is 0.573 e. The van der Waals surface area contributed by atoms with E-state index in [0.29, 0.717) is 5.56 Å². The Morgan fingerprint density at radius 2 is 1.71 bits per heavy atom. The lowest BCUT2D eigenvalue weighted by Crippen LogP contribution is -2.19. The molecule has 2 aromatic carbocycles. The topological polar surface area (TPSA) is 93.6 Å². The van der Waals surface area contributed by atoms with Gasteiger partial charge in [-0.2, -0.15) is 13.2 Å². The van der Waals surface area contributed by atoms with Gasteiger partial charge in [0, 0.05) is 24.5 Å². The maximum atomic E-state index is 12.5. The first kappa shape index (κ1) is 25.9. The number of anilines is 1. The van der Waals surface area contributed by atoms with Crippen molar-refractivity contribution in [2.45, 2.75) is 19.1 Å². The highest BCUT2D eigenvalue weighted by Crippen LogP contribution is 2.35.